The molecule has 0 saturated heterocycles. The van der Waals surface area contributed by atoms with Crippen LogP contribution in [0.2, 0.25) is 5.15 Å². The lowest BCUT2D eigenvalue weighted by Crippen LogP contribution is -2.26. The van der Waals surface area contributed by atoms with Gasteiger partial charge in [-0.3, -0.25) is 5.21 Å². The Bertz CT molecular complexity index is 361. The standard InChI is InChI=1S/C7H6BrClN2O3/c1-14-7(12)11(13)4-2-5(8)6(9)10-3-4/h2-3,13H,1H3. The summed E-state index contributed by atoms with van der Waals surface area (Å²) in [4.78, 5) is 14.6. The van der Waals surface area contributed by atoms with Crippen molar-refractivity contribution in [3.63, 3.8) is 0 Å². The van der Waals surface area contributed by atoms with E-state index in [-0.39, 0.29) is 10.8 Å². The number of hydroxylamine groups is 1. The molecule has 0 aliphatic rings. The molecule has 1 aromatic rings. The first-order valence-corrected chi connectivity index (χ1v) is 4.61. The summed E-state index contributed by atoms with van der Waals surface area (Å²) in [6.07, 6.45) is 0.338. The fourth-order valence-electron chi connectivity index (χ4n) is 0.719. The molecule has 0 radical (unpaired) electrons. The molecule has 1 rings (SSSR count). The maximum atomic E-state index is 10.9. The molecule has 5 nitrogen and oxygen atoms in total. The first-order valence-electron chi connectivity index (χ1n) is 3.44. The van der Waals surface area contributed by atoms with Crippen molar-refractivity contribution >= 4 is 39.3 Å². The fraction of sp³-hybridized carbons (Fsp3) is 0.143. The van der Waals surface area contributed by atoms with Crippen LogP contribution in [0.5, 0.6) is 0 Å². The Morgan fingerprint density at radius 3 is 2.93 bits per heavy atom. The van der Waals surface area contributed by atoms with E-state index in [2.05, 4.69) is 25.7 Å². The summed E-state index contributed by atoms with van der Waals surface area (Å²) in [6, 6.07) is 1.44. The zero-order valence-corrected chi connectivity index (χ0v) is 9.41. The van der Waals surface area contributed by atoms with Gasteiger partial charge in [0.25, 0.3) is 0 Å². The van der Waals surface area contributed by atoms with Crippen LogP contribution in [0, 0.1) is 0 Å². The molecule has 0 aromatic carbocycles. The van der Waals surface area contributed by atoms with E-state index in [0.717, 1.165) is 7.11 Å². The van der Waals surface area contributed by atoms with Crippen molar-refractivity contribution in [3.8, 4) is 0 Å². The van der Waals surface area contributed by atoms with E-state index in [1.165, 1.54) is 12.3 Å². The largest absolute Gasteiger partial charge is 0.451 e. The molecule has 14 heavy (non-hydrogen) atoms. The number of amides is 1. The number of anilines is 1. The predicted octanol–water partition coefficient (Wildman–Crippen LogP) is 2.46. The molecule has 0 aliphatic heterocycles. The van der Waals surface area contributed by atoms with Gasteiger partial charge in [0.1, 0.15) is 5.15 Å². The van der Waals surface area contributed by atoms with E-state index in [1.807, 2.05) is 0 Å². The number of nitrogens with zero attached hydrogens (tertiary/aromatic N) is 2. The Balaban J connectivity index is 2.96. The van der Waals surface area contributed by atoms with Crippen molar-refractivity contribution < 1.29 is 14.7 Å². The van der Waals surface area contributed by atoms with Crippen molar-refractivity contribution in [2.45, 2.75) is 0 Å². The highest BCUT2D eigenvalue weighted by Crippen LogP contribution is 2.24. The molecule has 0 aliphatic carbocycles. The van der Waals surface area contributed by atoms with E-state index in [0.29, 0.717) is 9.54 Å². The van der Waals surface area contributed by atoms with Crippen molar-refractivity contribution in [1.82, 2.24) is 4.98 Å². The summed E-state index contributed by atoms with van der Waals surface area (Å²) in [5, 5.41) is 9.83. The summed E-state index contributed by atoms with van der Waals surface area (Å²) in [7, 11) is 1.16. The number of hydrogen-bond donors (Lipinski definition) is 1. The summed E-state index contributed by atoms with van der Waals surface area (Å²) < 4.78 is 4.77. The average molecular weight is 281 g/mol. The molecule has 1 N–H and O–H groups in total. The molecule has 76 valence electrons. The summed E-state index contributed by atoms with van der Waals surface area (Å²) in [6.45, 7) is 0. The van der Waals surface area contributed by atoms with Crippen molar-refractivity contribution in [1.29, 1.82) is 0 Å². The average Bonchev–Trinajstić information content (AvgIpc) is 2.20. The number of rotatable bonds is 1. The van der Waals surface area contributed by atoms with Gasteiger partial charge in [-0.25, -0.2) is 9.78 Å². The highest BCUT2D eigenvalue weighted by atomic mass is 79.9. The Labute approximate surface area is 93.3 Å². The lowest BCUT2D eigenvalue weighted by Gasteiger charge is -2.12. The Kier molecular flexibility index (Phi) is 3.68. The Morgan fingerprint density at radius 2 is 2.43 bits per heavy atom. The lowest BCUT2D eigenvalue weighted by atomic mass is 10.4. The zero-order valence-electron chi connectivity index (χ0n) is 7.07. The summed E-state index contributed by atoms with van der Waals surface area (Å²) in [5.41, 5.74) is 0.160. The molecule has 0 atom stereocenters. The van der Waals surface area contributed by atoms with Crippen molar-refractivity contribution in [3.05, 3.63) is 21.9 Å². The Hall–Kier alpha value is -0.850. The molecular formula is C7H6BrClN2O3. The quantitative estimate of drug-likeness (QED) is 0.488. The second-order valence-electron chi connectivity index (χ2n) is 2.25. The highest BCUT2D eigenvalue weighted by molar-refractivity contribution is 9.10. The van der Waals surface area contributed by atoms with Crippen LogP contribution in [0.4, 0.5) is 10.5 Å². The van der Waals surface area contributed by atoms with E-state index >= 15 is 0 Å². The summed E-state index contributed by atoms with van der Waals surface area (Å²) in [5.74, 6) is 0. The smallest absolute Gasteiger partial charge is 0.438 e. The molecule has 0 bridgehead atoms. The van der Waals surface area contributed by atoms with Crippen molar-refractivity contribution in [2.75, 3.05) is 12.2 Å². The molecule has 7 heteroatoms. The number of methoxy groups -OCH3 is 1. The van der Waals surface area contributed by atoms with Crippen molar-refractivity contribution in [2.24, 2.45) is 0 Å². The number of pyridine rings is 1. The van der Waals surface area contributed by atoms with Crippen LogP contribution in [0.25, 0.3) is 0 Å². The van der Waals surface area contributed by atoms with Crippen LogP contribution in [0.15, 0.2) is 16.7 Å². The number of halogens is 2. The van der Waals surface area contributed by atoms with Crippen LogP contribution in [0.3, 0.4) is 0 Å². The van der Waals surface area contributed by atoms with Crippen LogP contribution < -0.4 is 5.06 Å². The number of ether oxygens (including phenoxy) is 1. The molecule has 0 spiro atoms. The number of aromatic nitrogens is 1. The third-order valence-corrected chi connectivity index (χ3v) is 2.51. The van der Waals surface area contributed by atoms with Crippen LogP contribution in [0.1, 0.15) is 0 Å². The normalized spacial score (nSPS) is 9.71. The molecule has 0 saturated carbocycles. The molecular weight excluding hydrogens is 275 g/mol. The fourth-order valence-corrected chi connectivity index (χ4v) is 1.16. The number of hydrogen-bond acceptors (Lipinski definition) is 4. The van der Waals surface area contributed by atoms with Crippen LogP contribution >= 0.6 is 27.5 Å². The zero-order chi connectivity index (χ0) is 10.7. The minimum atomic E-state index is -0.902. The second kappa shape index (κ2) is 4.59. The van der Waals surface area contributed by atoms with Gasteiger partial charge in [-0.1, -0.05) is 11.6 Å². The second-order valence-corrected chi connectivity index (χ2v) is 3.46. The van der Waals surface area contributed by atoms with Gasteiger partial charge in [-0.05, 0) is 22.0 Å². The van der Waals surface area contributed by atoms with Gasteiger partial charge in [0.2, 0.25) is 0 Å². The molecule has 1 aromatic heterocycles. The van der Waals surface area contributed by atoms with E-state index in [1.54, 1.807) is 0 Å². The molecule has 1 heterocycles. The monoisotopic (exact) mass is 280 g/mol. The predicted molar refractivity (Wildman–Crippen MR) is 53.6 cm³/mol. The maximum absolute atomic E-state index is 10.9. The molecule has 0 fully saturated rings. The number of carbonyl (C=O) groups is 1. The van der Waals surface area contributed by atoms with E-state index < -0.39 is 6.09 Å². The minimum Gasteiger partial charge on any atom is -0.451 e. The first-order chi connectivity index (χ1) is 6.56. The molecule has 1 amide bonds. The van der Waals surface area contributed by atoms with Gasteiger partial charge in [0.05, 0.1) is 23.5 Å². The van der Waals surface area contributed by atoms with Gasteiger partial charge in [0.15, 0.2) is 0 Å². The minimum absolute atomic E-state index is 0.160. The van der Waals surface area contributed by atoms with Gasteiger partial charge < -0.3 is 4.74 Å². The van der Waals surface area contributed by atoms with Gasteiger partial charge >= 0.3 is 6.09 Å². The summed E-state index contributed by atoms with van der Waals surface area (Å²) >= 11 is 8.73. The third kappa shape index (κ3) is 2.34. The van der Waals surface area contributed by atoms with Gasteiger partial charge in [-0.15, -0.1) is 0 Å². The van der Waals surface area contributed by atoms with Gasteiger partial charge in [-0.2, -0.15) is 5.06 Å². The van der Waals surface area contributed by atoms with Crippen LogP contribution in [-0.4, -0.2) is 23.4 Å². The number of carbonyl (C=O) groups excluding carboxylic acids is 1. The maximum Gasteiger partial charge on any atom is 0.438 e. The van der Waals surface area contributed by atoms with E-state index in [4.69, 9.17) is 11.6 Å². The van der Waals surface area contributed by atoms with E-state index in [9.17, 15) is 10.0 Å². The van der Waals surface area contributed by atoms with Crippen LogP contribution in [-0.2, 0) is 4.74 Å². The van der Waals surface area contributed by atoms with Gasteiger partial charge in [0, 0.05) is 0 Å². The third-order valence-electron chi connectivity index (χ3n) is 1.37. The Morgan fingerprint density at radius 1 is 1.79 bits per heavy atom. The lowest BCUT2D eigenvalue weighted by molar-refractivity contribution is 0.141. The molecule has 0 unspecified atom stereocenters. The first kappa shape index (κ1) is 11.2. The highest BCUT2D eigenvalue weighted by Gasteiger charge is 2.14. The SMILES string of the molecule is COC(=O)N(O)c1cnc(Cl)c(Br)c1. The topological polar surface area (TPSA) is 62.7 Å².